The fraction of sp³-hybridized carbons (Fsp3) is 0.571. The SMILES string of the molecule is CC1C(=O)NN=C2COc3cc(C4CC4)c(C4CCNCC4)cc3N21.O=C(O)C(F)(F)F. The highest BCUT2D eigenvalue weighted by atomic mass is 19.4. The first-order valence-corrected chi connectivity index (χ1v) is 10.6. The van der Waals surface area contributed by atoms with Gasteiger partial charge in [0.05, 0.1) is 5.69 Å². The van der Waals surface area contributed by atoms with Crippen LogP contribution in [0.1, 0.15) is 55.6 Å². The summed E-state index contributed by atoms with van der Waals surface area (Å²) in [5, 5.41) is 14.8. The van der Waals surface area contributed by atoms with Crippen LogP contribution in [0.5, 0.6) is 5.75 Å². The molecule has 0 bridgehead atoms. The van der Waals surface area contributed by atoms with Crippen molar-refractivity contribution in [3.8, 4) is 5.75 Å². The molecule has 3 aliphatic heterocycles. The zero-order valence-corrected chi connectivity index (χ0v) is 17.5. The summed E-state index contributed by atoms with van der Waals surface area (Å²) in [4.78, 5) is 23.1. The zero-order chi connectivity index (χ0) is 23.0. The van der Waals surface area contributed by atoms with Crippen molar-refractivity contribution in [2.75, 3.05) is 24.6 Å². The molecule has 1 saturated heterocycles. The Balaban J connectivity index is 0.000000307. The fourth-order valence-corrected chi connectivity index (χ4v) is 4.34. The van der Waals surface area contributed by atoms with Crippen LogP contribution in [0, 0.1) is 0 Å². The van der Waals surface area contributed by atoms with E-state index < -0.39 is 12.1 Å². The third kappa shape index (κ3) is 4.52. The molecule has 1 saturated carbocycles. The van der Waals surface area contributed by atoms with Crippen LogP contribution in [0.4, 0.5) is 18.9 Å². The number of carbonyl (C=O) groups is 2. The number of piperidine rings is 1. The normalized spacial score (nSPS) is 23.0. The number of amidine groups is 1. The first-order valence-electron chi connectivity index (χ1n) is 10.6. The number of alkyl halides is 3. The number of aliphatic carboxylic acids is 1. The highest BCUT2D eigenvalue weighted by molar-refractivity contribution is 6.09. The molecule has 3 N–H and O–H groups in total. The van der Waals surface area contributed by atoms with E-state index in [0.717, 1.165) is 30.4 Å². The Kier molecular flexibility index (Phi) is 6.02. The molecule has 4 aliphatic rings. The summed E-state index contributed by atoms with van der Waals surface area (Å²) in [6, 6.07) is 4.28. The van der Waals surface area contributed by atoms with Gasteiger partial charge in [-0.3, -0.25) is 4.79 Å². The minimum Gasteiger partial charge on any atom is -0.483 e. The van der Waals surface area contributed by atoms with Gasteiger partial charge in [-0.15, -0.1) is 0 Å². The van der Waals surface area contributed by atoms with Crippen molar-refractivity contribution in [3.05, 3.63) is 23.3 Å². The molecule has 1 amide bonds. The number of rotatable bonds is 2. The van der Waals surface area contributed by atoms with Crippen LogP contribution >= 0.6 is 0 Å². The van der Waals surface area contributed by atoms with Crippen molar-refractivity contribution in [2.45, 2.75) is 56.7 Å². The molecule has 1 aliphatic carbocycles. The minimum absolute atomic E-state index is 0.0636. The molecule has 5 rings (SSSR count). The van der Waals surface area contributed by atoms with Gasteiger partial charge in [-0.2, -0.15) is 18.3 Å². The van der Waals surface area contributed by atoms with E-state index in [0.29, 0.717) is 18.4 Å². The summed E-state index contributed by atoms with van der Waals surface area (Å²) in [7, 11) is 0. The second-order valence-corrected chi connectivity index (χ2v) is 8.39. The van der Waals surface area contributed by atoms with E-state index >= 15 is 0 Å². The van der Waals surface area contributed by atoms with Gasteiger partial charge < -0.3 is 20.1 Å². The molecule has 11 heteroatoms. The van der Waals surface area contributed by atoms with Gasteiger partial charge in [0, 0.05) is 0 Å². The van der Waals surface area contributed by atoms with Crippen molar-refractivity contribution < 1.29 is 32.6 Å². The van der Waals surface area contributed by atoms with Crippen LogP contribution in [0.3, 0.4) is 0 Å². The number of nitrogens with one attached hydrogen (secondary N) is 2. The van der Waals surface area contributed by atoms with Crippen LogP contribution in [-0.4, -0.2) is 54.7 Å². The van der Waals surface area contributed by atoms with Crippen LogP contribution in [0.25, 0.3) is 0 Å². The summed E-state index contributed by atoms with van der Waals surface area (Å²) >= 11 is 0. The van der Waals surface area contributed by atoms with Gasteiger partial charge >= 0.3 is 12.1 Å². The first-order chi connectivity index (χ1) is 15.2. The number of carboxylic acid groups (broad SMARTS) is 1. The lowest BCUT2D eigenvalue weighted by Gasteiger charge is -2.39. The Morgan fingerprint density at radius 1 is 1.16 bits per heavy atom. The lowest BCUT2D eigenvalue weighted by atomic mass is 9.85. The Labute approximate surface area is 182 Å². The molecule has 2 fully saturated rings. The lowest BCUT2D eigenvalue weighted by Crippen LogP contribution is -2.55. The zero-order valence-electron chi connectivity index (χ0n) is 17.5. The minimum atomic E-state index is -5.08. The number of ether oxygens (including phenoxy) is 1. The molecule has 1 aromatic rings. The lowest BCUT2D eigenvalue weighted by molar-refractivity contribution is -0.192. The average molecular weight is 454 g/mol. The van der Waals surface area contributed by atoms with Gasteiger partial charge in [0.25, 0.3) is 5.91 Å². The third-order valence-electron chi connectivity index (χ3n) is 6.16. The molecule has 1 aromatic carbocycles. The number of benzene rings is 1. The molecule has 0 spiro atoms. The standard InChI is InChI=1S/C19H24N4O2.C2HF3O2/c1-11-19(24)22-21-18-10-25-17-9-15(12-2-3-12)14(8-16(17)23(11)18)13-4-6-20-7-5-13;3-2(4,5)1(6)7/h8-9,11-13,20H,2-7,10H2,1H3,(H,22,24);(H,6,7). The molecular formula is C21H25F3N4O4. The Hall–Kier alpha value is -2.82. The maximum absolute atomic E-state index is 12.1. The number of fused-ring (bicyclic) bond motifs is 3. The summed E-state index contributed by atoms with van der Waals surface area (Å²) in [6.07, 6.45) is -0.162. The van der Waals surface area contributed by atoms with Gasteiger partial charge in [0.2, 0.25) is 0 Å². The molecule has 174 valence electrons. The number of carbonyl (C=O) groups excluding carboxylic acids is 1. The molecule has 0 radical (unpaired) electrons. The van der Waals surface area contributed by atoms with Gasteiger partial charge in [0.1, 0.15) is 18.4 Å². The largest absolute Gasteiger partial charge is 0.490 e. The second kappa shape index (κ2) is 8.61. The molecule has 8 nitrogen and oxygen atoms in total. The number of hydrazone groups is 1. The predicted octanol–water partition coefficient (Wildman–Crippen LogP) is 2.69. The quantitative estimate of drug-likeness (QED) is 0.635. The summed E-state index contributed by atoms with van der Waals surface area (Å²) < 4.78 is 37.7. The van der Waals surface area contributed by atoms with E-state index in [1.165, 1.54) is 36.8 Å². The summed E-state index contributed by atoms with van der Waals surface area (Å²) in [6.45, 7) is 4.50. The van der Waals surface area contributed by atoms with E-state index in [1.807, 2.05) is 6.92 Å². The molecule has 3 heterocycles. The number of anilines is 1. The van der Waals surface area contributed by atoms with Crippen molar-refractivity contribution in [1.82, 2.24) is 10.7 Å². The number of halogens is 3. The monoisotopic (exact) mass is 454 g/mol. The van der Waals surface area contributed by atoms with Crippen molar-refractivity contribution in [2.24, 2.45) is 5.10 Å². The van der Waals surface area contributed by atoms with Crippen LogP contribution < -0.4 is 20.4 Å². The highest BCUT2D eigenvalue weighted by Gasteiger charge is 2.39. The van der Waals surface area contributed by atoms with Gasteiger partial charge in [-0.05, 0) is 80.8 Å². The van der Waals surface area contributed by atoms with Gasteiger partial charge in [0.15, 0.2) is 5.84 Å². The van der Waals surface area contributed by atoms with E-state index in [9.17, 15) is 18.0 Å². The topological polar surface area (TPSA) is 103 Å². The van der Waals surface area contributed by atoms with Crippen molar-refractivity contribution in [1.29, 1.82) is 0 Å². The number of hydrogen-bond acceptors (Lipinski definition) is 6. The summed E-state index contributed by atoms with van der Waals surface area (Å²) in [5.41, 5.74) is 6.54. The van der Waals surface area contributed by atoms with Crippen LogP contribution in [-0.2, 0) is 9.59 Å². The summed E-state index contributed by atoms with van der Waals surface area (Å²) in [5.74, 6) is 0.156. The fourth-order valence-electron chi connectivity index (χ4n) is 4.34. The van der Waals surface area contributed by atoms with E-state index in [-0.39, 0.29) is 11.9 Å². The molecule has 1 atom stereocenters. The van der Waals surface area contributed by atoms with Crippen LogP contribution in [0.15, 0.2) is 17.2 Å². The van der Waals surface area contributed by atoms with E-state index in [4.69, 9.17) is 14.6 Å². The molecular weight excluding hydrogens is 429 g/mol. The molecule has 32 heavy (non-hydrogen) atoms. The highest BCUT2D eigenvalue weighted by Crippen LogP contribution is 2.49. The van der Waals surface area contributed by atoms with E-state index in [2.05, 4.69) is 32.9 Å². The Morgan fingerprint density at radius 3 is 2.34 bits per heavy atom. The smallest absolute Gasteiger partial charge is 0.483 e. The second-order valence-electron chi connectivity index (χ2n) is 8.39. The maximum atomic E-state index is 12.1. The Bertz CT molecular complexity index is 940. The van der Waals surface area contributed by atoms with Gasteiger partial charge in [-0.25, -0.2) is 10.2 Å². The van der Waals surface area contributed by atoms with E-state index in [1.54, 1.807) is 0 Å². The molecule has 1 unspecified atom stereocenters. The number of carboxylic acids is 1. The van der Waals surface area contributed by atoms with Gasteiger partial charge in [-0.1, -0.05) is 0 Å². The predicted molar refractivity (Wildman–Crippen MR) is 110 cm³/mol. The number of hydrogen-bond donors (Lipinski definition) is 3. The number of nitrogens with zero attached hydrogens (tertiary/aromatic N) is 2. The maximum Gasteiger partial charge on any atom is 0.490 e. The third-order valence-corrected chi connectivity index (χ3v) is 6.16. The van der Waals surface area contributed by atoms with Crippen LogP contribution in [0.2, 0.25) is 0 Å². The Morgan fingerprint density at radius 2 is 1.75 bits per heavy atom. The van der Waals surface area contributed by atoms with Crippen molar-refractivity contribution >= 4 is 23.4 Å². The van der Waals surface area contributed by atoms with Crippen molar-refractivity contribution in [3.63, 3.8) is 0 Å². The number of amides is 1. The first kappa shape index (κ1) is 22.4. The average Bonchev–Trinajstić information content (AvgIpc) is 3.61. The molecule has 0 aromatic heterocycles.